The number of fused-ring (bicyclic) bond motifs is 1. The van der Waals surface area contributed by atoms with E-state index in [-0.39, 0.29) is 27.7 Å². The van der Waals surface area contributed by atoms with Crippen LogP contribution >= 0.6 is 23.2 Å². The fourth-order valence-electron chi connectivity index (χ4n) is 2.72. The molecule has 0 aliphatic rings. The molecule has 0 fully saturated rings. The number of benzene rings is 2. The van der Waals surface area contributed by atoms with Crippen LogP contribution in [0.1, 0.15) is 16.8 Å². The summed E-state index contributed by atoms with van der Waals surface area (Å²) in [4.78, 5) is 36.5. The predicted molar refractivity (Wildman–Crippen MR) is 119 cm³/mol. The number of nitrogens with one attached hydrogen (secondary N) is 1. The average Bonchev–Trinajstić information content (AvgIpc) is 2.75. The number of carbonyl (C=O) groups excluding carboxylic acids is 2. The molecule has 168 valence electrons. The summed E-state index contributed by atoms with van der Waals surface area (Å²) >= 11 is 11.8. The lowest BCUT2D eigenvalue weighted by molar-refractivity contribution is -0.136. The van der Waals surface area contributed by atoms with Crippen LogP contribution in [-0.2, 0) is 9.53 Å². The summed E-state index contributed by atoms with van der Waals surface area (Å²) in [5.41, 5.74) is -0.753. The zero-order valence-corrected chi connectivity index (χ0v) is 18.5. The zero-order chi connectivity index (χ0) is 23.1. The summed E-state index contributed by atoms with van der Waals surface area (Å²) in [7, 11) is 1.56. The van der Waals surface area contributed by atoms with Crippen LogP contribution in [-0.4, -0.2) is 38.7 Å². The molecule has 8 nitrogen and oxygen atoms in total. The van der Waals surface area contributed by atoms with Gasteiger partial charge in [0, 0.05) is 36.7 Å². The molecule has 2 aromatic carbocycles. The number of amides is 1. The van der Waals surface area contributed by atoms with Gasteiger partial charge in [-0.25, -0.2) is 9.59 Å². The standard InChI is InChI=1S/C22H19Cl2NO7/c1-29-8-2-7-25-21(27)16-9-13-3-5-15(11-19(13)32-22(16)28)31-20(26)12-30-18-6-4-14(23)10-17(18)24/h3-6,9-11H,2,7-8,12H2,1H3,(H,25,27). The molecule has 0 radical (unpaired) electrons. The SMILES string of the molecule is COCCCNC(=O)c1cc2ccc(OC(=O)COc3ccc(Cl)cc3Cl)cc2oc1=O. The first-order valence-corrected chi connectivity index (χ1v) is 10.3. The van der Waals surface area contributed by atoms with Crippen molar-refractivity contribution in [1.29, 1.82) is 0 Å². The van der Waals surface area contributed by atoms with E-state index in [1.165, 1.54) is 30.3 Å². The molecular weight excluding hydrogens is 461 g/mol. The van der Waals surface area contributed by atoms with Gasteiger partial charge in [-0.2, -0.15) is 0 Å². The van der Waals surface area contributed by atoms with Crippen molar-refractivity contribution in [3.8, 4) is 11.5 Å². The largest absolute Gasteiger partial charge is 0.480 e. The smallest absolute Gasteiger partial charge is 0.349 e. The molecular formula is C22H19Cl2NO7. The highest BCUT2D eigenvalue weighted by atomic mass is 35.5. The number of rotatable bonds is 9. The van der Waals surface area contributed by atoms with Gasteiger partial charge in [-0.05, 0) is 42.8 Å². The van der Waals surface area contributed by atoms with Gasteiger partial charge in [0.2, 0.25) is 0 Å². The van der Waals surface area contributed by atoms with Crippen molar-refractivity contribution < 1.29 is 28.2 Å². The molecule has 0 bridgehead atoms. The minimum Gasteiger partial charge on any atom is -0.480 e. The van der Waals surface area contributed by atoms with Crippen molar-refractivity contribution in [3.63, 3.8) is 0 Å². The lowest BCUT2D eigenvalue weighted by Gasteiger charge is -2.09. The molecule has 32 heavy (non-hydrogen) atoms. The van der Waals surface area contributed by atoms with Crippen molar-refractivity contribution in [1.82, 2.24) is 5.32 Å². The number of methoxy groups -OCH3 is 1. The van der Waals surface area contributed by atoms with E-state index >= 15 is 0 Å². The maximum Gasteiger partial charge on any atom is 0.349 e. The van der Waals surface area contributed by atoms with Crippen LogP contribution in [0.3, 0.4) is 0 Å². The topological polar surface area (TPSA) is 104 Å². The number of carbonyl (C=O) groups is 2. The summed E-state index contributed by atoms with van der Waals surface area (Å²) < 4.78 is 20.7. The minimum atomic E-state index is -0.800. The second-order valence-corrected chi connectivity index (χ2v) is 7.43. The van der Waals surface area contributed by atoms with Gasteiger partial charge in [-0.1, -0.05) is 23.2 Å². The van der Waals surface area contributed by atoms with Crippen LogP contribution in [0, 0.1) is 0 Å². The monoisotopic (exact) mass is 479 g/mol. The average molecular weight is 480 g/mol. The normalized spacial score (nSPS) is 10.7. The Morgan fingerprint density at radius 3 is 2.66 bits per heavy atom. The molecule has 0 aliphatic heterocycles. The molecule has 0 atom stereocenters. The van der Waals surface area contributed by atoms with Gasteiger partial charge in [-0.15, -0.1) is 0 Å². The van der Waals surface area contributed by atoms with Gasteiger partial charge in [0.15, 0.2) is 6.61 Å². The van der Waals surface area contributed by atoms with Crippen LogP contribution in [0.15, 0.2) is 51.7 Å². The summed E-state index contributed by atoms with van der Waals surface area (Å²) in [6.07, 6.45) is 0.615. The zero-order valence-electron chi connectivity index (χ0n) is 17.0. The van der Waals surface area contributed by atoms with Crippen molar-refractivity contribution in [3.05, 3.63) is 68.5 Å². The fraction of sp³-hybridized carbons (Fsp3) is 0.227. The van der Waals surface area contributed by atoms with E-state index in [9.17, 15) is 14.4 Å². The molecule has 0 aliphatic carbocycles. The Labute approximate surface area is 193 Å². The van der Waals surface area contributed by atoms with Gasteiger partial charge < -0.3 is 23.9 Å². The van der Waals surface area contributed by atoms with Crippen molar-refractivity contribution in [2.75, 3.05) is 26.9 Å². The van der Waals surface area contributed by atoms with Gasteiger partial charge in [-0.3, -0.25) is 4.79 Å². The van der Waals surface area contributed by atoms with Gasteiger partial charge in [0.25, 0.3) is 5.91 Å². The van der Waals surface area contributed by atoms with E-state index < -0.39 is 24.1 Å². The van der Waals surface area contributed by atoms with E-state index in [0.29, 0.717) is 30.0 Å². The van der Waals surface area contributed by atoms with Crippen LogP contribution in [0.5, 0.6) is 11.5 Å². The van der Waals surface area contributed by atoms with E-state index in [2.05, 4.69) is 5.32 Å². The fourth-order valence-corrected chi connectivity index (χ4v) is 3.18. The Morgan fingerprint density at radius 2 is 1.91 bits per heavy atom. The van der Waals surface area contributed by atoms with E-state index in [0.717, 1.165) is 0 Å². The third-order valence-electron chi connectivity index (χ3n) is 4.23. The molecule has 0 spiro atoms. The molecule has 3 aromatic rings. The van der Waals surface area contributed by atoms with E-state index in [1.807, 2.05) is 0 Å². The lowest BCUT2D eigenvalue weighted by Crippen LogP contribution is -2.29. The highest BCUT2D eigenvalue weighted by Gasteiger charge is 2.15. The second-order valence-electron chi connectivity index (χ2n) is 6.59. The Hall–Kier alpha value is -3.07. The van der Waals surface area contributed by atoms with Crippen LogP contribution in [0.4, 0.5) is 0 Å². The highest BCUT2D eigenvalue weighted by molar-refractivity contribution is 6.35. The Bertz CT molecular complexity index is 1190. The first-order chi connectivity index (χ1) is 15.4. The molecule has 1 N–H and O–H groups in total. The number of hydrogen-bond acceptors (Lipinski definition) is 7. The number of esters is 1. The maximum absolute atomic E-state index is 12.2. The number of ether oxygens (including phenoxy) is 3. The lowest BCUT2D eigenvalue weighted by atomic mass is 10.1. The Kier molecular flexibility index (Phi) is 8.10. The molecule has 10 heteroatoms. The minimum absolute atomic E-state index is 0.118. The van der Waals surface area contributed by atoms with Crippen molar-refractivity contribution in [2.45, 2.75) is 6.42 Å². The Morgan fingerprint density at radius 1 is 1.09 bits per heavy atom. The first-order valence-electron chi connectivity index (χ1n) is 9.51. The quantitative estimate of drug-likeness (QED) is 0.215. The summed E-state index contributed by atoms with van der Waals surface area (Å²) in [6.45, 7) is 0.458. The third-order valence-corrected chi connectivity index (χ3v) is 4.76. The summed E-state index contributed by atoms with van der Waals surface area (Å²) in [5, 5.41) is 3.83. The van der Waals surface area contributed by atoms with Gasteiger partial charge >= 0.3 is 11.6 Å². The molecule has 0 unspecified atom stereocenters. The second kappa shape index (κ2) is 11.0. The predicted octanol–water partition coefficient (Wildman–Crippen LogP) is 3.85. The molecule has 1 heterocycles. The molecule has 0 saturated carbocycles. The molecule has 3 rings (SSSR count). The number of hydrogen-bond donors (Lipinski definition) is 1. The van der Waals surface area contributed by atoms with Gasteiger partial charge in [0.05, 0.1) is 5.02 Å². The summed E-state index contributed by atoms with van der Waals surface area (Å²) in [5.74, 6) is -0.797. The van der Waals surface area contributed by atoms with Crippen LogP contribution in [0.25, 0.3) is 11.0 Å². The van der Waals surface area contributed by atoms with Crippen molar-refractivity contribution >= 4 is 46.0 Å². The van der Waals surface area contributed by atoms with Crippen LogP contribution < -0.4 is 20.4 Å². The number of halogens is 2. The molecule has 0 saturated heterocycles. The van der Waals surface area contributed by atoms with Gasteiger partial charge in [0.1, 0.15) is 22.6 Å². The first kappa shape index (κ1) is 23.6. The molecule has 1 aromatic heterocycles. The van der Waals surface area contributed by atoms with Crippen molar-refractivity contribution in [2.24, 2.45) is 0 Å². The molecule has 1 amide bonds. The van der Waals surface area contributed by atoms with Crippen LogP contribution in [0.2, 0.25) is 10.0 Å². The Balaban J connectivity index is 1.65. The highest BCUT2D eigenvalue weighted by Crippen LogP contribution is 2.27. The summed E-state index contributed by atoms with van der Waals surface area (Å²) in [6, 6.07) is 10.5. The third kappa shape index (κ3) is 6.23. The van der Waals surface area contributed by atoms with E-state index in [4.69, 9.17) is 41.8 Å². The van der Waals surface area contributed by atoms with E-state index in [1.54, 1.807) is 19.2 Å². The maximum atomic E-state index is 12.2.